The van der Waals surface area contributed by atoms with Gasteiger partial charge in [0.25, 0.3) is 0 Å². The highest BCUT2D eigenvalue weighted by atomic mass is 127. The zero-order chi connectivity index (χ0) is 10.7. The quantitative estimate of drug-likeness (QED) is 0.793. The summed E-state index contributed by atoms with van der Waals surface area (Å²) in [5.74, 6) is 1.03. The normalized spacial score (nSPS) is 15.7. The van der Waals surface area contributed by atoms with Crippen molar-refractivity contribution in [3.8, 4) is 5.75 Å². The molecular weight excluding hydrogens is 301 g/mol. The van der Waals surface area contributed by atoms with Crippen LogP contribution in [0.4, 0.5) is 5.69 Å². The number of nitrogens with zero attached hydrogens (tertiary/aromatic N) is 1. The molecule has 0 saturated carbocycles. The Hall–Kier alpha value is -0.450. The minimum atomic E-state index is 0.738. The van der Waals surface area contributed by atoms with Gasteiger partial charge in [-0.15, -0.1) is 0 Å². The largest absolute Gasteiger partial charge is 0.492 e. The highest BCUT2D eigenvalue weighted by molar-refractivity contribution is 14.1. The molecular formula is C12H16INO. The highest BCUT2D eigenvalue weighted by Gasteiger charge is 2.16. The van der Waals surface area contributed by atoms with E-state index in [2.05, 4.69) is 45.7 Å². The number of benzene rings is 1. The number of halogens is 1. The standard InChI is InChI=1S/C12H16INO/c1-2-15-12-6-5-10(13)9-11(12)14-7-3-4-8-14/h5-6,9H,2-4,7-8H2,1H3. The first-order chi connectivity index (χ1) is 7.31. The lowest BCUT2D eigenvalue weighted by atomic mass is 10.2. The molecule has 0 bridgehead atoms. The van der Waals surface area contributed by atoms with E-state index in [0.29, 0.717) is 0 Å². The van der Waals surface area contributed by atoms with Crippen molar-refractivity contribution in [2.45, 2.75) is 19.8 Å². The van der Waals surface area contributed by atoms with Crippen molar-refractivity contribution in [2.24, 2.45) is 0 Å². The van der Waals surface area contributed by atoms with Crippen molar-refractivity contribution >= 4 is 28.3 Å². The first-order valence-corrected chi connectivity index (χ1v) is 6.56. The predicted molar refractivity (Wildman–Crippen MR) is 71.8 cm³/mol. The maximum atomic E-state index is 5.66. The van der Waals surface area contributed by atoms with Gasteiger partial charge in [-0.1, -0.05) is 0 Å². The molecule has 0 aliphatic carbocycles. The summed E-state index contributed by atoms with van der Waals surface area (Å²) in [4.78, 5) is 2.42. The van der Waals surface area contributed by atoms with E-state index in [4.69, 9.17) is 4.74 Å². The zero-order valence-electron chi connectivity index (χ0n) is 9.00. The summed E-state index contributed by atoms with van der Waals surface area (Å²) in [5.41, 5.74) is 1.27. The van der Waals surface area contributed by atoms with Gasteiger partial charge in [-0.2, -0.15) is 0 Å². The van der Waals surface area contributed by atoms with Gasteiger partial charge in [-0.3, -0.25) is 0 Å². The lowest BCUT2D eigenvalue weighted by Crippen LogP contribution is -2.18. The average Bonchev–Trinajstić information content (AvgIpc) is 2.74. The van der Waals surface area contributed by atoms with Crippen molar-refractivity contribution in [1.29, 1.82) is 0 Å². The van der Waals surface area contributed by atoms with Gasteiger partial charge in [0, 0.05) is 16.7 Å². The average molecular weight is 317 g/mol. The van der Waals surface area contributed by atoms with Crippen molar-refractivity contribution in [3.05, 3.63) is 21.8 Å². The van der Waals surface area contributed by atoms with Gasteiger partial charge >= 0.3 is 0 Å². The molecule has 15 heavy (non-hydrogen) atoms. The van der Waals surface area contributed by atoms with Gasteiger partial charge in [-0.25, -0.2) is 0 Å². The molecule has 1 aromatic rings. The molecule has 1 fully saturated rings. The minimum Gasteiger partial charge on any atom is -0.492 e. The zero-order valence-corrected chi connectivity index (χ0v) is 11.2. The van der Waals surface area contributed by atoms with Crippen LogP contribution in [0.1, 0.15) is 19.8 Å². The van der Waals surface area contributed by atoms with Gasteiger partial charge in [0.15, 0.2) is 0 Å². The van der Waals surface area contributed by atoms with Crippen molar-refractivity contribution < 1.29 is 4.74 Å². The molecule has 0 spiro atoms. The second-order valence-electron chi connectivity index (χ2n) is 3.74. The molecule has 1 aliphatic heterocycles. The van der Waals surface area contributed by atoms with Crippen LogP contribution in [-0.4, -0.2) is 19.7 Å². The Labute approximate surface area is 105 Å². The summed E-state index contributed by atoms with van der Waals surface area (Å²) < 4.78 is 6.94. The maximum absolute atomic E-state index is 5.66. The molecule has 1 aromatic carbocycles. The first-order valence-electron chi connectivity index (χ1n) is 5.48. The molecule has 0 atom stereocenters. The third-order valence-electron chi connectivity index (χ3n) is 2.67. The van der Waals surface area contributed by atoms with Crippen LogP contribution in [0, 0.1) is 3.57 Å². The van der Waals surface area contributed by atoms with Crippen LogP contribution in [0.15, 0.2) is 18.2 Å². The Balaban J connectivity index is 2.28. The molecule has 2 rings (SSSR count). The Kier molecular flexibility index (Phi) is 3.72. The molecule has 82 valence electrons. The lowest BCUT2D eigenvalue weighted by molar-refractivity contribution is 0.340. The summed E-state index contributed by atoms with van der Waals surface area (Å²) in [6, 6.07) is 6.40. The molecule has 0 radical (unpaired) electrons. The Bertz CT molecular complexity index is 334. The molecule has 1 heterocycles. The smallest absolute Gasteiger partial charge is 0.142 e. The Morgan fingerprint density at radius 1 is 1.33 bits per heavy atom. The SMILES string of the molecule is CCOc1ccc(I)cc1N1CCCC1. The van der Waals surface area contributed by atoms with Gasteiger partial charge in [0.1, 0.15) is 5.75 Å². The first kappa shape index (κ1) is 11.0. The number of ether oxygens (including phenoxy) is 1. The van der Waals surface area contributed by atoms with Crippen LogP contribution in [0.2, 0.25) is 0 Å². The van der Waals surface area contributed by atoms with Crippen LogP contribution in [0.3, 0.4) is 0 Å². The summed E-state index contributed by atoms with van der Waals surface area (Å²) in [7, 11) is 0. The molecule has 0 unspecified atom stereocenters. The third kappa shape index (κ3) is 2.56. The predicted octanol–water partition coefficient (Wildman–Crippen LogP) is 3.29. The summed E-state index contributed by atoms with van der Waals surface area (Å²) in [5, 5.41) is 0. The maximum Gasteiger partial charge on any atom is 0.142 e. The fraction of sp³-hybridized carbons (Fsp3) is 0.500. The number of hydrogen-bond acceptors (Lipinski definition) is 2. The van der Waals surface area contributed by atoms with E-state index in [9.17, 15) is 0 Å². The minimum absolute atomic E-state index is 0.738. The molecule has 0 aromatic heterocycles. The van der Waals surface area contributed by atoms with E-state index in [1.54, 1.807) is 0 Å². The topological polar surface area (TPSA) is 12.5 Å². The fourth-order valence-electron chi connectivity index (χ4n) is 1.97. The van der Waals surface area contributed by atoms with Crippen molar-refractivity contribution in [3.63, 3.8) is 0 Å². The molecule has 1 saturated heterocycles. The number of rotatable bonds is 3. The second-order valence-corrected chi connectivity index (χ2v) is 4.98. The van der Waals surface area contributed by atoms with Crippen LogP contribution >= 0.6 is 22.6 Å². The fourth-order valence-corrected chi connectivity index (χ4v) is 2.45. The van der Waals surface area contributed by atoms with Crippen LogP contribution < -0.4 is 9.64 Å². The molecule has 0 N–H and O–H groups in total. The number of anilines is 1. The van der Waals surface area contributed by atoms with Gasteiger partial charge in [0.05, 0.1) is 12.3 Å². The van der Waals surface area contributed by atoms with E-state index in [0.717, 1.165) is 12.4 Å². The Morgan fingerprint density at radius 2 is 2.07 bits per heavy atom. The number of hydrogen-bond donors (Lipinski definition) is 0. The summed E-state index contributed by atoms with van der Waals surface area (Å²) in [6.45, 7) is 5.10. The van der Waals surface area contributed by atoms with E-state index >= 15 is 0 Å². The Morgan fingerprint density at radius 3 is 2.73 bits per heavy atom. The van der Waals surface area contributed by atoms with Gasteiger partial charge < -0.3 is 9.64 Å². The summed E-state index contributed by atoms with van der Waals surface area (Å²) in [6.07, 6.45) is 2.61. The van der Waals surface area contributed by atoms with E-state index < -0.39 is 0 Å². The molecule has 2 nitrogen and oxygen atoms in total. The molecule has 0 amide bonds. The third-order valence-corrected chi connectivity index (χ3v) is 3.34. The molecule has 3 heteroatoms. The van der Waals surface area contributed by atoms with E-state index in [1.807, 2.05) is 6.92 Å². The van der Waals surface area contributed by atoms with E-state index in [1.165, 1.54) is 35.2 Å². The van der Waals surface area contributed by atoms with Crippen LogP contribution in [0.5, 0.6) is 5.75 Å². The highest BCUT2D eigenvalue weighted by Crippen LogP contribution is 2.32. The van der Waals surface area contributed by atoms with Crippen molar-refractivity contribution in [2.75, 3.05) is 24.6 Å². The summed E-state index contributed by atoms with van der Waals surface area (Å²) >= 11 is 2.35. The van der Waals surface area contributed by atoms with Gasteiger partial charge in [-0.05, 0) is 60.6 Å². The van der Waals surface area contributed by atoms with Crippen LogP contribution in [0.25, 0.3) is 0 Å². The monoisotopic (exact) mass is 317 g/mol. The van der Waals surface area contributed by atoms with E-state index in [-0.39, 0.29) is 0 Å². The van der Waals surface area contributed by atoms with Crippen molar-refractivity contribution in [1.82, 2.24) is 0 Å². The van der Waals surface area contributed by atoms with Gasteiger partial charge in [0.2, 0.25) is 0 Å². The van der Waals surface area contributed by atoms with Crippen LogP contribution in [-0.2, 0) is 0 Å². The molecule has 1 aliphatic rings. The second kappa shape index (κ2) is 5.05. The lowest BCUT2D eigenvalue weighted by Gasteiger charge is -2.21.